The molecule has 2 aliphatic rings. The lowest BCUT2D eigenvalue weighted by Gasteiger charge is -2.35. The van der Waals surface area contributed by atoms with E-state index in [2.05, 4.69) is 36.9 Å². The van der Waals surface area contributed by atoms with Crippen LogP contribution in [0.1, 0.15) is 89.0 Å². The second-order valence-electron chi connectivity index (χ2n) is 20.1. The molecule has 5 aromatic rings. The third-order valence-electron chi connectivity index (χ3n) is 13.6. The number of benzene rings is 3. The number of carbonyl (C=O) groups excluding carboxylic acids is 4. The van der Waals surface area contributed by atoms with Crippen molar-refractivity contribution < 1.29 is 38.5 Å². The predicted molar refractivity (Wildman–Crippen MR) is 292 cm³/mol. The first-order valence-corrected chi connectivity index (χ1v) is 27.0. The van der Waals surface area contributed by atoms with Crippen LogP contribution in [-0.4, -0.2) is 132 Å². The number of aliphatic hydroxyl groups excluding tert-OH is 1. The number of nitrogens with one attached hydrogen (secondary N) is 3. The van der Waals surface area contributed by atoms with Gasteiger partial charge in [0.2, 0.25) is 23.6 Å². The van der Waals surface area contributed by atoms with Crippen LogP contribution in [0.2, 0.25) is 10.0 Å². The van der Waals surface area contributed by atoms with E-state index in [1.54, 1.807) is 42.7 Å². The number of ether oxygens (including phenoxy) is 3. The third-order valence-corrected chi connectivity index (χ3v) is 15.2. The Morgan fingerprint density at radius 1 is 0.907 bits per heavy atom. The van der Waals surface area contributed by atoms with E-state index in [1.165, 1.54) is 18.2 Å². The molecule has 3 aromatic carbocycles. The van der Waals surface area contributed by atoms with Crippen molar-refractivity contribution in [1.29, 1.82) is 5.26 Å². The maximum absolute atomic E-state index is 14.1. The smallest absolute Gasteiger partial charge is 0.246 e. The number of nitrogens with zero attached hydrogens (tertiary/aromatic N) is 6. The lowest BCUT2D eigenvalue weighted by molar-refractivity contribution is -0.144. The number of carbonyl (C=O) groups is 4. The highest BCUT2D eigenvalue weighted by atomic mass is 35.5. The summed E-state index contributed by atoms with van der Waals surface area (Å²) >= 11 is 14.3. The minimum absolute atomic E-state index is 0.00498. The van der Waals surface area contributed by atoms with Gasteiger partial charge in [0.25, 0.3) is 0 Å². The van der Waals surface area contributed by atoms with E-state index in [4.69, 9.17) is 37.4 Å². The molecule has 2 aromatic heterocycles. The van der Waals surface area contributed by atoms with Gasteiger partial charge >= 0.3 is 0 Å². The molecule has 0 radical (unpaired) electrons. The second-order valence-corrected chi connectivity index (χ2v) is 21.7. The quantitative estimate of drug-likeness (QED) is 0.0479. The number of aromatic nitrogens is 2. The summed E-state index contributed by atoms with van der Waals surface area (Å²) in [5, 5.41) is 31.0. The highest BCUT2D eigenvalue weighted by Gasteiger charge is 2.44. The normalized spacial score (nSPS) is 16.3. The molecule has 20 heteroatoms. The molecule has 0 aliphatic carbocycles. The Morgan fingerprint density at radius 3 is 2.29 bits per heavy atom. The van der Waals surface area contributed by atoms with Crippen molar-refractivity contribution in [3.8, 4) is 33.8 Å². The van der Waals surface area contributed by atoms with Gasteiger partial charge in [-0.05, 0) is 54.9 Å². The van der Waals surface area contributed by atoms with Crippen LogP contribution in [0.4, 0.5) is 11.4 Å². The van der Waals surface area contributed by atoms with Crippen LogP contribution in [0.3, 0.4) is 0 Å². The molecule has 2 unspecified atom stereocenters. The number of unbranched alkanes of at least 4 members (excludes halogenated alkanes) is 3. The van der Waals surface area contributed by atoms with E-state index in [-0.39, 0.29) is 43.7 Å². The number of piperazine rings is 1. The number of thiazole rings is 1. The van der Waals surface area contributed by atoms with Crippen molar-refractivity contribution in [3.05, 3.63) is 87.1 Å². The summed E-state index contributed by atoms with van der Waals surface area (Å²) in [6.07, 6.45) is 5.04. The molecule has 2 fully saturated rings. The standard InChI is InChI=1S/C55H67Cl2N9O8S/c1-34-51(75-33-61-34)36-16-14-35(15-17-36)30-60-53(70)44-24-38(67)32-66(44)54(71)52(55(2,3)4)63-48(68)12-9-7-8-10-13-49(69)65-21-19-64(20-22-65)18-11-23-74-47-27-42-39(25-46(47)73-6)50(37(29-58)31-59-42)62-43-28-45(72-5)41(57)26-40(43)56/h14-17,25-28,31,33,38,44,52,67H,7-13,18-24,30,32H2,1-6H3,(H,59,62)(H,60,70)(H,63,68)/t38?,44?,52-/m1/s1. The molecule has 4 N–H and O–H groups in total. The molecule has 0 bridgehead atoms. The second kappa shape index (κ2) is 26.0. The summed E-state index contributed by atoms with van der Waals surface area (Å²) in [5.74, 6) is 0.553. The Balaban J connectivity index is 0.789. The topological polar surface area (TPSA) is 212 Å². The Hall–Kier alpha value is -6.23. The van der Waals surface area contributed by atoms with E-state index in [0.29, 0.717) is 87.7 Å². The summed E-state index contributed by atoms with van der Waals surface area (Å²) in [7, 11) is 3.06. The van der Waals surface area contributed by atoms with Gasteiger partial charge in [0.1, 0.15) is 23.9 Å². The van der Waals surface area contributed by atoms with Gasteiger partial charge in [-0.25, -0.2) is 4.98 Å². The number of hydrogen-bond acceptors (Lipinski definition) is 14. The molecular formula is C55H67Cl2N9O8S. The maximum atomic E-state index is 14.1. The van der Waals surface area contributed by atoms with Crippen molar-refractivity contribution in [2.24, 2.45) is 5.41 Å². The van der Waals surface area contributed by atoms with E-state index in [9.17, 15) is 29.5 Å². The first-order valence-electron chi connectivity index (χ1n) is 25.4. The molecule has 400 valence electrons. The highest BCUT2D eigenvalue weighted by Crippen LogP contribution is 2.41. The highest BCUT2D eigenvalue weighted by molar-refractivity contribution is 7.13. The van der Waals surface area contributed by atoms with Crippen molar-refractivity contribution in [2.45, 2.75) is 104 Å². The number of halogens is 2. The van der Waals surface area contributed by atoms with Crippen molar-refractivity contribution >= 4 is 80.4 Å². The Bertz CT molecular complexity index is 2860. The molecule has 0 saturated carbocycles. The number of β-amino-alcohol motifs (C(OH)–C–C–N with tert-alkyl or cyclic N) is 1. The molecule has 75 heavy (non-hydrogen) atoms. The number of hydrogen-bond donors (Lipinski definition) is 4. The Morgan fingerprint density at radius 2 is 1.63 bits per heavy atom. The first kappa shape index (κ1) is 56.5. The lowest BCUT2D eigenvalue weighted by Crippen LogP contribution is -2.57. The van der Waals surface area contributed by atoms with Gasteiger partial charge in [-0.1, -0.05) is 81.1 Å². The molecule has 2 saturated heterocycles. The zero-order valence-corrected chi connectivity index (χ0v) is 45.8. The number of pyridine rings is 1. The Kier molecular flexibility index (Phi) is 19.6. The molecule has 4 heterocycles. The van der Waals surface area contributed by atoms with E-state index in [0.717, 1.165) is 67.0 Å². The number of fused-ring (bicyclic) bond motifs is 1. The van der Waals surface area contributed by atoms with Crippen molar-refractivity contribution in [1.82, 2.24) is 35.3 Å². The minimum atomic E-state index is -0.897. The fourth-order valence-corrected chi connectivity index (χ4v) is 10.7. The number of methoxy groups -OCH3 is 2. The first-order chi connectivity index (χ1) is 36.0. The van der Waals surface area contributed by atoms with Crippen LogP contribution in [-0.2, 0) is 25.7 Å². The van der Waals surface area contributed by atoms with E-state index < -0.39 is 29.5 Å². The van der Waals surface area contributed by atoms with Crippen molar-refractivity contribution in [3.63, 3.8) is 0 Å². The molecule has 0 spiro atoms. The van der Waals surface area contributed by atoms with Gasteiger partial charge in [0.15, 0.2) is 11.5 Å². The van der Waals surface area contributed by atoms with Crippen LogP contribution in [0.25, 0.3) is 21.3 Å². The summed E-state index contributed by atoms with van der Waals surface area (Å²) in [6.45, 7) is 11.9. The number of nitriles is 1. The fraction of sp³-hybridized carbons (Fsp3) is 0.473. The minimum Gasteiger partial charge on any atom is -0.495 e. The van der Waals surface area contributed by atoms with E-state index >= 15 is 0 Å². The van der Waals surface area contributed by atoms with Crippen molar-refractivity contribution in [2.75, 3.05) is 65.4 Å². The number of likely N-dealkylation sites (tertiary alicyclic amines) is 1. The average Bonchev–Trinajstić information content (AvgIpc) is 4.02. The molecule has 3 atom stereocenters. The van der Waals surface area contributed by atoms with E-state index in [1.807, 2.05) is 62.4 Å². The van der Waals surface area contributed by atoms with Gasteiger partial charge in [0.05, 0.1) is 75.5 Å². The zero-order valence-electron chi connectivity index (χ0n) is 43.5. The van der Waals surface area contributed by atoms with Crippen LogP contribution in [0.5, 0.6) is 17.2 Å². The van der Waals surface area contributed by atoms with Gasteiger partial charge < -0.3 is 45.1 Å². The lowest BCUT2D eigenvalue weighted by atomic mass is 9.85. The summed E-state index contributed by atoms with van der Waals surface area (Å²) in [5.41, 5.74) is 5.96. The van der Waals surface area contributed by atoms with Crippen LogP contribution in [0, 0.1) is 23.7 Å². The SMILES string of the molecule is COc1cc(Nc2c(C#N)cnc3cc(OCCCN4CCN(C(=O)CCCCCCC(=O)N[C@H](C(=O)N5CC(O)CC5C(=O)NCc5ccc(-c6scnc6C)cc5)C(C)(C)C)CC4)c(OC)cc23)c(Cl)cc1Cl. The number of amides is 4. The average molecular weight is 1090 g/mol. The van der Waals surface area contributed by atoms with Gasteiger partial charge in [-0.3, -0.25) is 29.1 Å². The molecular weight excluding hydrogens is 1020 g/mol. The molecule has 7 rings (SSSR count). The fourth-order valence-electron chi connectivity index (χ4n) is 9.39. The molecule has 2 aliphatic heterocycles. The van der Waals surface area contributed by atoms with Crippen LogP contribution < -0.4 is 30.2 Å². The maximum Gasteiger partial charge on any atom is 0.246 e. The molecule has 17 nitrogen and oxygen atoms in total. The summed E-state index contributed by atoms with van der Waals surface area (Å²) in [6, 6.07) is 15.1. The van der Waals surface area contributed by atoms with Gasteiger partial charge in [-0.15, -0.1) is 11.3 Å². The monoisotopic (exact) mass is 1080 g/mol. The number of aryl methyl sites for hydroxylation is 1. The third kappa shape index (κ3) is 14.6. The summed E-state index contributed by atoms with van der Waals surface area (Å²) in [4.78, 5) is 69.5. The Labute approximate surface area is 452 Å². The van der Waals surface area contributed by atoms with Gasteiger partial charge in [0, 0.05) is 88.8 Å². The zero-order chi connectivity index (χ0) is 53.8. The van der Waals surface area contributed by atoms with Gasteiger partial charge in [-0.2, -0.15) is 5.26 Å². The van der Waals surface area contributed by atoms with Crippen LogP contribution in [0.15, 0.2) is 60.2 Å². The number of aliphatic hydroxyl groups is 1. The number of rotatable bonds is 22. The predicted octanol–water partition coefficient (Wildman–Crippen LogP) is 8.67. The number of anilines is 2. The summed E-state index contributed by atoms with van der Waals surface area (Å²) < 4.78 is 17.3. The van der Waals surface area contributed by atoms with Crippen LogP contribution >= 0.6 is 34.5 Å². The largest absolute Gasteiger partial charge is 0.495 e. The molecule has 4 amide bonds.